The van der Waals surface area contributed by atoms with Crippen LogP contribution in [0.3, 0.4) is 0 Å². The molecule has 1 aromatic carbocycles. The summed E-state index contributed by atoms with van der Waals surface area (Å²) in [6.45, 7) is 5.83. The number of amides is 3. The maximum absolute atomic E-state index is 14.5. The van der Waals surface area contributed by atoms with E-state index >= 15 is 0 Å². The lowest BCUT2D eigenvalue weighted by molar-refractivity contribution is -0.217. The fourth-order valence-corrected chi connectivity index (χ4v) is 4.71. The summed E-state index contributed by atoms with van der Waals surface area (Å²) in [7, 11) is 0. The van der Waals surface area contributed by atoms with Crippen molar-refractivity contribution in [2.45, 2.75) is 57.5 Å². The molecule has 0 saturated carbocycles. The van der Waals surface area contributed by atoms with E-state index in [0.29, 0.717) is 30.5 Å². The SMILES string of the molecule is CC(C)(C)OC(=O)N1CCC(CC(=O)NC2(C(F)(F)F)C(=O)Nc3nc4cc(Cl)c(Cl)cc4n32)CC1. The number of imidazole rings is 1. The zero-order chi connectivity index (χ0) is 26.6. The van der Waals surface area contributed by atoms with Gasteiger partial charge in [0.15, 0.2) is 0 Å². The maximum Gasteiger partial charge on any atom is 0.440 e. The Balaban J connectivity index is 1.54. The van der Waals surface area contributed by atoms with Crippen molar-refractivity contribution in [3.05, 3.63) is 22.2 Å². The predicted molar refractivity (Wildman–Crippen MR) is 126 cm³/mol. The Morgan fingerprint density at radius 1 is 1.19 bits per heavy atom. The van der Waals surface area contributed by atoms with Gasteiger partial charge in [-0.3, -0.25) is 19.5 Å². The molecule has 1 saturated heterocycles. The summed E-state index contributed by atoms with van der Waals surface area (Å²) in [6.07, 6.45) is -5.17. The number of anilines is 1. The average Bonchev–Trinajstić information content (AvgIpc) is 3.21. The molecule has 0 bridgehead atoms. The summed E-state index contributed by atoms with van der Waals surface area (Å²) in [4.78, 5) is 43.3. The van der Waals surface area contributed by atoms with E-state index in [9.17, 15) is 27.6 Å². The molecule has 3 amide bonds. The molecule has 0 spiro atoms. The monoisotopic (exact) mass is 549 g/mol. The number of aromatic nitrogens is 2. The van der Waals surface area contributed by atoms with Crippen LogP contribution in [0.15, 0.2) is 12.1 Å². The molecule has 3 heterocycles. The summed E-state index contributed by atoms with van der Waals surface area (Å²) in [5.74, 6) is -3.13. The first-order chi connectivity index (χ1) is 16.6. The number of benzene rings is 1. The second-order valence-electron chi connectivity index (χ2n) is 9.85. The number of hydrogen-bond donors (Lipinski definition) is 2. The number of halogens is 5. The number of alkyl halides is 3. The van der Waals surface area contributed by atoms with Crippen molar-refractivity contribution in [2.75, 3.05) is 18.4 Å². The molecular formula is C22H24Cl2F3N5O4. The number of carbonyl (C=O) groups excluding carboxylic acids is 3. The lowest BCUT2D eigenvalue weighted by Gasteiger charge is -2.35. The zero-order valence-electron chi connectivity index (χ0n) is 19.6. The third-order valence-electron chi connectivity index (χ3n) is 6.06. The first-order valence-electron chi connectivity index (χ1n) is 11.2. The van der Waals surface area contributed by atoms with Crippen LogP contribution in [0.4, 0.5) is 23.9 Å². The average molecular weight is 550 g/mol. The molecule has 196 valence electrons. The third kappa shape index (κ3) is 4.68. The molecule has 2 aromatic rings. The highest BCUT2D eigenvalue weighted by molar-refractivity contribution is 6.42. The number of likely N-dealkylation sites (tertiary alicyclic amines) is 1. The number of fused-ring (bicyclic) bond motifs is 3. The van der Waals surface area contributed by atoms with Crippen molar-refractivity contribution in [1.29, 1.82) is 0 Å². The smallest absolute Gasteiger partial charge is 0.440 e. The van der Waals surface area contributed by atoms with Gasteiger partial charge in [-0.15, -0.1) is 0 Å². The van der Waals surface area contributed by atoms with E-state index < -0.39 is 41.3 Å². The van der Waals surface area contributed by atoms with Crippen LogP contribution in [-0.2, 0) is 20.0 Å². The predicted octanol–water partition coefficient (Wildman–Crippen LogP) is 4.66. The van der Waals surface area contributed by atoms with Crippen molar-refractivity contribution in [1.82, 2.24) is 19.8 Å². The van der Waals surface area contributed by atoms with Crippen LogP contribution >= 0.6 is 23.2 Å². The summed E-state index contributed by atoms with van der Waals surface area (Å²) in [5.41, 5.74) is -4.13. The Hall–Kier alpha value is -2.73. The van der Waals surface area contributed by atoms with Crippen molar-refractivity contribution >= 4 is 58.1 Å². The number of carbonyl (C=O) groups is 3. The highest BCUT2D eigenvalue weighted by Crippen LogP contribution is 2.45. The standard InChI is InChI=1S/C22H24Cl2F3N5O4/c1-20(2,3)36-19(35)31-6-4-11(5-7-31)8-16(33)30-21(22(25,26)27)17(34)29-18-28-14-9-12(23)13(24)10-15(14)32(18)21/h9-11H,4-8H2,1-3H3,(H,30,33)(H,28,29,34). The summed E-state index contributed by atoms with van der Waals surface area (Å²) < 4.78 is 49.4. The Morgan fingerprint density at radius 2 is 1.81 bits per heavy atom. The highest BCUT2D eigenvalue weighted by atomic mass is 35.5. The van der Waals surface area contributed by atoms with Gasteiger partial charge in [0.1, 0.15) is 5.60 Å². The van der Waals surface area contributed by atoms with Crippen LogP contribution in [0.1, 0.15) is 40.0 Å². The van der Waals surface area contributed by atoms with Crippen LogP contribution in [-0.4, -0.2) is 57.2 Å². The number of nitrogens with one attached hydrogen (secondary N) is 2. The molecule has 2 aliphatic rings. The topological polar surface area (TPSA) is 106 Å². The van der Waals surface area contributed by atoms with E-state index in [1.165, 1.54) is 11.0 Å². The van der Waals surface area contributed by atoms with E-state index in [1.807, 2.05) is 5.32 Å². The number of ether oxygens (including phenoxy) is 1. The summed E-state index contributed by atoms with van der Waals surface area (Å²) >= 11 is 12.0. The first kappa shape index (κ1) is 26.3. The molecule has 1 unspecified atom stereocenters. The van der Waals surface area contributed by atoms with Crippen molar-refractivity contribution < 1.29 is 32.3 Å². The number of nitrogens with zero attached hydrogens (tertiary/aromatic N) is 3. The van der Waals surface area contributed by atoms with Gasteiger partial charge in [0.05, 0.1) is 21.1 Å². The van der Waals surface area contributed by atoms with Gasteiger partial charge in [0.25, 0.3) is 11.6 Å². The zero-order valence-corrected chi connectivity index (χ0v) is 21.1. The Kier molecular flexibility index (Phi) is 6.57. The van der Waals surface area contributed by atoms with Crippen LogP contribution in [0.2, 0.25) is 10.0 Å². The number of hydrogen-bond acceptors (Lipinski definition) is 5. The van der Waals surface area contributed by atoms with Gasteiger partial charge in [-0.25, -0.2) is 9.78 Å². The summed E-state index contributed by atoms with van der Waals surface area (Å²) in [6, 6.07) is 2.44. The quantitative estimate of drug-likeness (QED) is 0.579. The molecule has 36 heavy (non-hydrogen) atoms. The van der Waals surface area contributed by atoms with Crippen LogP contribution in [0, 0.1) is 5.92 Å². The van der Waals surface area contributed by atoms with E-state index in [-0.39, 0.29) is 33.4 Å². The maximum atomic E-state index is 14.5. The van der Waals surface area contributed by atoms with E-state index in [0.717, 1.165) is 6.07 Å². The lowest BCUT2D eigenvalue weighted by Crippen LogP contribution is -2.63. The Morgan fingerprint density at radius 3 is 2.39 bits per heavy atom. The van der Waals surface area contributed by atoms with Crippen molar-refractivity contribution in [3.63, 3.8) is 0 Å². The van der Waals surface area contributed by atoms with Gasteiger partial charge in [-0.2, -0.15) is 13.2 Å². The minimum Gasteiger partial charge on any atom is -0.444 e. The largest absolute Gasteiger partial charge is 0.444 e. The minimum atomic E-state index is -5.21. The minimum absolute atomic E-state index is 0.0367. The molecule has 1 fully saturated rings. The molecule has 2 N–H and O–H groups in total. The summed E-state index contributed by atoms with van der Waals surface area (Å²) in [5, 5.41) is 4.07. The van der Waals surface area contributed by atoms with Gasteiger partial charge in [-0.05, 0) is 51.7 Å². The fourth-order valence-electron chi connectivity index (χ4n) is 4.39. The first-order valence-corrected chi connectivity index (χ1v) is 11.9. The molecule has 2 aliphatic heterocycles. The van der Waals surface area contributed by atoms with Crippen LogP contribution in [0.5, 0.6) is 0 Å². The fraction of sp³-hybridized carbons (Fsp3) is 0.545. The van der Waals surface area contributed by atoms with Crippen LogP contribution < -0.4 is 10.6 Å². The van der Waals surface area contributed by atoms with Crippen LogP contribution in [0.25, 0.3) is 11.0 Å². The Bertz CT molecular complexity index is 1230. The van der Waals surface area contributed by atoms with Gasteiger partial charge >= 0.3 is 12.3 Å². The molecule has 14 heteroatoms. The highest BCUT2D eigenvalue weighted by Gasteiger charge is 2.67. The second kappa shape index (κ2) is 8.98. The molecule has 1 atom stereocenters. The van der Waals surface area contributed by atoms with Gasteiger partial charge in [0, 0.05) is 19.5 Å². The lowest BCUT2D eigenvalue weighted by atomic mass is 9.93. The molecule has 4 rings (SSSR count). The number of rotatable bonds is 3. The molecule has 9 nitrogen and oxygen atoms in total. The van der Waals surface area contributed by atoms with E-state index in [1.54, 1.807) is 20.8 Å². The second-order valence-corrected chi connectivity index (χ2v) is 10.7. The molecule has 0 radical (unpaired) electrons. The van der Waals surface area contributed by atoms with Crippen molar-refractivity contribution in [2.24, 2.45) is 5.92 Å². The normalized spacial score (nSPS) is 20.9. The van der Waals surface area contributed by atoms with Gasteiger partial charge in [-0.1, -0.05) is 23.2 Å². The van der Waals surface area contributed by atoms with Gasteiger partial charge < -0.3 is 15.0 Å². The number of piperidine rings is 1. The molecular weight excluding hydrogens is 526 g/mol. The van der Waals surface area contributed by atoms with Crippen molar-refractivity contribution in [3.8, 4) is 0 Å². The molecule has 0 aliphatic carbocycles. The molecule has 1 aromatic heterocycles. The van der Waals surface area contributed by atoms with E-state index in [2.05, 4.69) is 10.3 Å². The Labute approximate surface area is 214 Å². The van der Waals surface area contributed by atoms with Gasteiger partial charge in [0.2, 0.25) is 11.9 Å². The third-order valence-corrected chi connectivity index (χ3v) is 6.78. The van der Waals surface area contributed by atoms with E-state index in [4.69, 9.17) is 27.9 Å².